The molecule has 3 aromatic rings. The molecule has 0 aliphatic carbocycles. The first-order valence-corrected chi connectivity index (χ1v) is 7.06. The zero-order valence-corrected chi connectivity index (χ0v) is 11.6. The average Bonchev–Trinajstić information content (AvgIpc) is 3.01. The smallest absolute Gasteiger partial charge is 0.180 e. The molecular formula is C16H16N4O. The number of H-pyrrole nitrogens is 1. The summed E-state index contributed by atoms with van der Waals surface area (Å²) in [4.78, 5) is 27.5. The van der Waals surface area contributed by atoms with Gasteiger partial charge in [0.15, 0.2) is 11.4 Å². The number of benzene rings is 1. The van der Waals surface area contributed by atoms with Gasteiger partial charge in [-0.05, 0) is 19.3 Å². The van der Waals surface area contributed by atoms with E-state index in [1.807, 2.05) is 30.3 Å². The summed E-state index contributed by atoms with van der Waals surface area (Å²) in [5.41, 5.74) is 3.34. The van der Waals surface area contributed by atoms with E-state index in [4.69, 9.17) is 0 Å². The molecule has 1 aromatic carbocycles. The maximum Gasteiger partial charge on any atom is 0.180 e. The molecule has 0 radical (unpaired) electrons. The largest absolute Gasteiger partial charge is 0.342 e. The van der Waals surface area contributed by atoms with Crippen LogP contribution in [0.5, 0.6) is 0 Å². The van der Waals surface area contributed by atoms with Gasteiger partial charge in [0.05, 0.1) is 12.0 Å². The summed E-state index contributed by atoms with van der Waals surface area (Å²) in [6, 6.07) is 9.43. The van der Waals surface area contributed by atoms with Gasteiger partial charge < -0.3 is 4.98 Å². The molecule has 5 heteroatoms. The number of unbranched alkanes of at least 4 members (excludes halogenated alkanes) is 1. The second kappa shape index (κ2) is 6.26. The van der Waals surface area contributed by atoms with Crippen molar-refractivity contribution in [3.05, 3.63) is 54.2 Å². The number of imidazole rings is 1. The predicted octanol–water partition coefficient (Wildman–Crippen LogP) is 2.95. The number of Topliss-reactive ketones (excluding diaryl/α,β-unsaturated/α-hetero) is 1. The number of aryl methyl sites for hydroxylation is 1. The highest BCUT2D eigenvalue weighted by Crippen LogP contribution is 2.13. The molecule has 21 heavy (non-hydrogen) atoms. The average molecular weight is 280 g/mol. The first-order chi connectivity index (χ1) is 10.3. The van der Waals surface area contributed by atoms with Gasteiger partial charge in [-0.2, -0.15) is 0 Å². The summed E-state index contributed by atoms with van der Waals surface area (Å²) in [5, 5.41) is 0. The fraction of sp³-hybridized carbons (Fsp3) is 0.250. The molecule has 1 N–H and O–H groups in total. The lowest BCUT2D eigenvalue weighted by Gasteiger charge is -2.02. The Hall–Kier alpha value is -2.56. The van der Waals surface area contributed by atoms with Gasteiger partial charge in [-0.15, -0.1) is 0 Å². The van der Waals surface area contributed by atoms with Crippen LogP contribution in [-0.4, -0.2) is 25.7 Å². The van der Waals surface area contributed by atoms with Gasteiger partial charge in [-0.3, -0.25) is 4.79 Å². The topological polar surface area (TPSA) is 71.5 Å². The summed E-state index contributed by atoms with van der Waals surface area (Å²) >= 11 is 0. The normalized spacial score (nSPS) is 10.9. The van der Waals surface area contributed by atoms with Gasteiger partial charge >= 0.3 is 0 Å². The fourth-order valence-electron chi connectivity index (χ4n) is 2.35. The van der Waals surface area contributed by atoms with Crippen molar-refractivity contribution in [2.45, 2.75) is 25.7 Å². The van der Waals surface area contributed by atoms with Crippen LogP contribution in [0.2, 0.25) is 0 Å². The van der Waals surface area contributed by atoms with Gasteiger partial charge in [-0.25, -0.2) is 15.0 Å². The molecule has 3 rings (SSSR count). The van der Waals surface area contributed by atoms with Crippen LogP contribution in [0.25, 0.3) is 11.2 Å². The number of fused-ring (bicyclic) bond motifs is 1. The van der Waals surface area contributed by atoms with Crippen LogP contribution < -0.4 is 0 Å². The Morgan fingerprint density at radius 2 is 1.90 bits per heavy atom. The minimum atomic E-state index is 0.199. The Balaban J connectivity index is 1.53. The van der Waals surface area contributed by atoms with Crippen molar-refractivity contribution in [1.82, 2.24) is 19.9 Å². The number of nitrogens with zero attached hydrogens (tertiary/aromatic N) is 3. The molecule has 0 saturated carbocycles. The van der Waals surface area contributed by atoms with Gasteiger partial charge in [-0.1, -0.05) is 30.3 Å². The van der Waals surface area contributed by atoms with Crippen LogP contribution in [0.15, 0.2) is 43.0 Å². The molecule has 0 amide bonds. The minimum Gasteiger partial charge on any atom is -0.342 e. The molecule has 0 saturated heterocycles. The van der Waals surface area contributed by atoms with E-state index in [9.17, 15) is 4.79 Å². The maximum absolute atomic E-state index is 12.0. The molecular weight excluding hydrogens is 264 g/mol. The Kier molecular flexibility index (Phi) is 4.00. The van der Waals surface area contributed by atoms with Crippen LogP contribution in [0.3, 0.4) is 0 Å². The van der Waals surface area contributed by atoms with E-state index in [1.165, 1.54) is 6.33 Å². The molecule has 0 bridgehead atoms. The number of aromatic nitrogens is 4. The Morgan fingerprint density at radius 1 is 1.05 bits per heavy atom. The highest BCUT2D eigenvalue weighted by molar-refractivity contribution is 5.95. The Morgan fingerprint density at radius 3 is 2.76 bits per heavy atom. The number of ketones is 1. The second-order valence-corrected chi connectivity index (χ2v) is 4.92. The van der Waals surface area contributed by atoms with E-state index >= 15 is 0 Å². The minimum absolute atomic E-state index is 0.199. The molecule has 0 fully saturated rings. The molecule has 0 atom stereocenters. The van der Waals surface area contributed by atoms with Crippen molar-refractivity contribution in [2.24, 2.45) is 0 Å². The monoisotopic (exact) mass is 280 g/mol. The van der Waals surface area contributed by atoms with Crippen molar-refractivity contribution < 1.29 is 4.79 Å². The van der Waals surface area contributed by atoms with E-state index < -0.39 is 0 Å². The molecule has 2 aromatic heterocycles. The van der Waals surface area contributed by atoms with Crippen molar-refractivity contribution in [3.63, 3.8) is 0 Å². The molecule has 0 spiro atoms. The fourth-order valence-corrected chi connectivity index (χ4v) is 2.35. The zero-order chi connectivity index (χ0) is 14.5. The lowest BCUT2D eigenvalue weighted by atomic mass is 10.0. The number of carbonyl (C=O) groups excluding carboxylic acids is 1. The van der Waals surface area contributed by atoms with Gasteiger partial charge in [0, 0.05) is 12.0 Å². The van der Waals surface area contributed by atoms with E-state index in [0.29, 0.717) is 12.1 Å². The first-order valence-electron chi connectivity index (χ1n) is 7.06. The van der Waals surface area contributed by atoms with E-state index in [2.05, 4.69) is 19.9 Å². The van der Waals surface area contributed by atoms with Crippen LogP contribution >= 0.6 is 0 Å². The zero-order valence-electron chi connectivity index (χ0n) is 11.6. The van der Waals surface area contributed by atoms with Crippen LogP contribution in [0.4, 0.5) is 0 Å². The quantitative estimate of drug-likeness (QED) is 0.556. The SMILES string of the molecule is O=C(CCCCc1ncnc2nc[nH]c12)c1ccccc1. The van der Waals surface area contributed by atoms with Crippen LogP contribution in [0.1, 0.15) is 35.3 Å². The summed E-state index contributed by atoms with van der Waals surface area (Å²) in [6.45, 7) is 0. The highest BCUT2D eigenvalue weighted by atomic mass is 16.1. The van der Waals surface area contributed by atoms with Crippen LogP contribution in [0, 0.1) is 0 Å². The first kappa shape index (κ1) is 13.4. The summed E-state index contributed by atoms with van der Waals surface area (Å²) < 4.78 is 0. The standard InChI is InChI=1S/C16H16N4O/c21-14(12-6-2-1-3-7-12)9-5-4-8-13-15-16(19-10-17-13)20-11-18-15/h1-3,6-7,10-11H,4-5,8-9H2,(H,17,18,19,20). The number of rotatable bonds is 6. The lowest BCUT2D eigenvalue weighted by Crippen LogP contribution is -2.00. The van der Waals surface area contributed by atoms with Gasteiger partial charge in [0.1, 0.15) is 11.8 Å². The molecule has 0 unspecified atom stereocenters. The summed E-state index contributed by atoms with van der Waals surface area (Å²) in [7, 11) is 0. The maximum atomic E-state index is 12.0. The number of hydrogen-bond donors (Lipinski definition) is 1. The third-order valence-corrected chi connectivity index (χ3v) is 3.46. The number of aromatic amines is 1. The predicted molar refractivity (Wildman–Crippen MR) is 80.0 cm³/mol. The third kappa shape index (κ3) is 3.13. The van der Waals surface area contributed by atoms with Gasteiger partial charge in [0.25, 0.3) is 0 Å². The number of nitrogens with one attached hydrogen (secondary N) is 1. The molecule has 0 aliphatic heterocycles. The molecule has 0 aliphatic rings. The van der Waals surface area contributed by atoms with E-state index in [-0.39, 0.29) is 5.78 Å². The number of hydrogen-bond acceptors (Lipinski definition) is 4. The van der Waals surface area contributed by atoms with E-state index in [0.717, 1.165) is 36.0 Å². The lowest BCUT2D eigenvalue weighted by molar-refractivity contribution is 0.0979. The second-order valence-electron chi connectivity index (χ2n) is 4.92. The third-order valence-electron chi connectivity index (χ3n) is 3.46. The van der Waals surface area contributed by atoms with Crippen molar-refractivity contribution in [1.29, 1.82) is 0 Å². The molecule has 5 nitrogen and oxygen atoms in total. The summed E-state index contributed by atoms with van der Waals surface area (Å²) in [5.74, 6) is 0.199. The van der Waals surface area contributed by atoms with Crippen molar-refractivity contribution in [2.75, 3.05) is 0 Å². The molecule has 106 valence electrons. The Labute approximate surface area is 122 Å². The highest BCUT2D eigenvalue weighted by Gasteiger charge is 2.07. The molecule has 2 heterocycles. The van der Waals surface area contributed by atoms with E-state index in [1.54, 1.807) is 6.33 Å². The summed E-state index contributed by atoms with van der Waals surface area (Å²) in [6.07, 6.45) is 6.33. The van der Waals surface area contributed by atoms with Crippen molar-refractivity contribution in [3.8, 4) is 0 Å². The van der Waals surface area contributed by atoms with Crippen molar-refractivity contribution >= 4 is 16.9 Å². The number of carbonyl (C=O) groups is 1. The Bertz CT molecular complexity index is 736. The van der Waals surface area contributed by atoms with Gasteiger partial charge in [0.2, 0.25) is 0 Å². The van der Waals surface area contributed by atoms with Crippen LogP contribution in [-0.2, 0) is 6.42 Å².